The topological polar surface area (TPSA) is 83.8 Å². The summed E-state index contributed by atoms with van der Waals surface area (Å²) in [7, 11) is -3.71. The molecule has 0 aromatic heterocycles. The monoisotopic (exact) mass is 462 g/mol. The Labute approximate surface area is 203 Å². The Kier molecular flexibility index (Phi) is 19.6. The fourth-order valence-corrected chi connectivity index (χ4v) is 3.14. The number of aliphatic hydroxyl groups is 2. The van der Waals surface area contributed by atoms with Crippen molar-refractivity contribution in [2.24, 2.45) is 0 Å². The molecule has 0 saturated carbocycles. The van der Waals surface area contributed by atoms with Crippen LogP contribution < -0.4 is 29.6 Å². The van der Waals surface area contributed by atoms with Crippen molar-refractivity contribution in [3.8, 4) is 0 Å². The van der Waals surface area contributed by atoms with Gasteiger partial charge in [-0.15, -0.1) is 0 Å². The van der Waals surface area contributed by atoms with E-state index in [4.69, 9.17) is 9.29 Å². The van der Waals surface area contributed by atoms with Crippen LogP contribution in [0.4, 0.5) is 0 Å². The van der Waals surface area contributed by atoms with E-state index < -0.39 is 21.3 Å². The van der Waals surface area contributed by atoms with E-state index in [9.17, 15) is 13.5 Å². The Morgan fingerprint density at radius 1 is 1.00 bits per heavy atom. The van der Waals surface area contributed by atoms with Crippen LogP contribution in [0.5, 0.6) is 0 Å². The smallest absolute Gasteiger partial charge is 0.796 e. The summed E-state index contributed by atoms with van der Waals surface area (Å²) >= 11 is 5.85. The first-order valence-corrected chi connectivity index (χ1v) is 12.2. The molecule has 1 rings (SSSR count). The third-order valence-electron chi connectivity index (χ3n) is 3.18. The Bertz CT molecular complexity index is 591. The second-order valence-corrected chi connectivity index (χ2v) is 9.81. The van der Waals surface area contributed by atoms with Gasteiger partial charge in [-0.2, -0.15) is 26.4 Å². The van der Waals surface area contributed by atoms with Crippen LogP contribution in [0.2, 0.25) is 0 Å². The second-order valence-electron chi connectivity index (χ2n) is 7.21. The molecule has 28 heavy (non-hydrogen) atoms. The van der Waals surface area contributed by atoms with Gasteiger partial charge in [0, 0.05) is 6.42 Å². The molecule has 0 unspecified atom stereocenters. The Morgan fingerprint density at radius 2 is 1.43 bits per heavy atom. The first kappa shape index (κ1) is 33.4. The van der Waals surface area contributed by atoms with Crippen molar-refractivity contribution in [1.29, 1.82) is 0 Å². The predicted molar refractivity (Wildman–Crippen MR) is 118 cm³/mol. The molecule has 0 bridgehead atoms. The summed E-state index contributed by atoms with van der Waals surface area (Å²) < 4.78 is 28.3. The van der Waals surface area contributed by atoms with Crippen LogP contribution in [-0.2, 0) is 26.9 Å². The molecule has 2 N–H and O–H groups in total. The molecule has 9 heteroatoms. The zero-order valence-corrected chi connectivity index (χ0v) is 22.9. The Hall–Kier alpha value is 0.750. The van der Waals surface area contributed by atoms with Crippen molar-refractivity contribution >= 4 is 34.5 Å². The fourth-order valence-electron chi connectivity index (χ4n) is 1.53. The van der Waals surface area contributed by atoms with Gasteiger partial charge >= 0.3 is 29.6 Å². The predicted octanol–water partition coefficient (Wildman–Crippen LogP) is 0.539. The maximum absolute atomic E-state index is 11.7. The number of hydrogen-bond donors (Lipinski definition) is 2. The summed E-state index contributed by atoms with van der Waals surface area (Å²) in [5, 5.41) is 18.6. The van der Waals surface area contributed by atoms with Gasteiger partial charge in [-0.05, 0) is 65.2 Å². The number of aryl methyl sites for hydroxylation is 1. The van der Waals surface area contributed by atoms with E-state index in [1.807, 2.05) is 27.0 Å². The number of rotatable bonds is 8. The molecule has 0 saturated heterocycles. The van der Waals surface area contributed by atoms with Gasteiger partial charge in [0.1, 0.15) is 0 Å². The molecular weight excluding hydrogens is 427 g/mol. The minimum absolute atomic E-state index is 0. The van der Waals surface area contributed by atoms with Crippen molar-refractivity contribution in [2.45, 2.75) is 63.6 Å². The van der Waals surface area contributed by atoms with Crippen LogP contribution in [0.15, 0.2) is 29.2 Å². The third kappa shape index (κ3) is 20.0. The molecule has 0 spiro atoms. The number of thioether (sulfide) groups is 1. The van der Waals surface area contributed by atoms with Crippen LogP contribution in [0.1, 0.15) is 46.1 Å². The van der Waals surface area contributed by atoms with Crippen LogP contribution >= 0.6 is 11.8 Å². The second kappa shape index (κ2) is 16.4. The third-order valence-corrected chi connectivity index (χ3v) is 5.12. The molecule has 0 aliphatic heterocycles. The van der Waals surface area contributed by atoms with Gasteiger partial charge in [0.25, 0.3) is 10.1 Å². The summed E-state index contributed by atoms with van der Waals surface area (Å²) in [5.74, 6) is 1.05. The summed E-state index contributed by atoms with van der Waals surface area (Å²) in [4.78, 5) is 0.138. The molecule has 0 fully saturated rings. The first-order chi connectivity index (χ1) is 12.3. The molecule has 0 radical (unpaired) electrons. The van der Waals surface area contributed by atoms with Gasteiger partial charge in [-0.25, -0.2) is 0 Å². The number of hydrogen-bond acceptors (Lipinski definition) is 7. The molecule has 0 atom stereocenters. The average molecular weight is 463 g/mol. The van der Waals surface area contributed by atoms with Crippen LogP contribution in [0.3, 0.4) is 0 Å². The standard InChI is InChI=1S/C12H18O4S.C6H14OS.CH4S.Na/c1-10-4-6-11(7-5-10)17(14,15)16-9-8-12(2,3)13;1-6(2,7)4-5-8-3;1-2;/h4-7,13H,8-9H2,1-3H3;7H,4-5H2,1-3H3;2H,1H3;/q;;;+1/p-1. The normalized spacial score (nSPS) is 11.4. The van der Waals surface area contributed by atoms with E-state index in [1.165, 1.54) is 12.1 Å². The van der Waals surface area contributed by atoms with Crippen molar-refractivity contribution in [2.75, 3.05) is 24.9 Å². The van der Waals surface area contributed by atoms with Crippen molar-refractivity contribution in [3.63, 3.8) is 0 Å². The maximum atomic E-state index is 11.7. The Balaban J connectivity index is -0.000000483. The molecule has 0 aliphatic carbocycles. The molecule has 0 heterocycles. The largest absolute Gasteiger partial charge is 1.00 e. The molecule has 0 aliphatic rings. The van der Waals surface area contributed by atoms with Crippen molar-refractivity contribution < 1.29 is 52.4 Å². The number of benzene rings is 1. The van der Waals surface area contributed by atoms with E-state index in [2.05, 4.69) is 12.6 Å². The zero-order chi connectivity index (χ0) is 21.7. The van der Waals surface area contributed by atoms with Crippen LogP contribution in [0, 0.1) is 6.92 Å². The van der Waals surface area contributed by atoms with Gasteiger partial charge < -0.3 is 22.8 Å². The van der Waals surface area contributed by atoms with Crippen molar-refractivity contribution in [1.82, 2.24) is 0 Å². The van der Waals surface area contributed by atoms with E-state index in [0.29, 0.717) is 0 Å². The van der Waals surface area contributed by atoms with Gasteiger partial charge in [-0.3, -0.25) is 4.18 Å². The van der Waals surface area contributed by atoms with E-state index >= 15 is 0 Å². The molecule has 1 aromatic carbocycles. The minimum Gasteiger partial charge on any atom is -0.796 e. The molecular formula is C19H35NaO5S3. The minimum atomic E-state index is -3.71. The fraction of sp³-hybridized carbons (Fsp3) is 0.684. The molecule has 160 valence electrons. The zero-order valence-electron chi connectivity index (χ0n) is 18.5. The SMILES string of the molecule is CSCCC(C)(C)O.C[S-].Cc1ccc(S(=O)(=O)OCCC(C)(C)O)cc1.[Na+]. The quantitative estimate of drug-likeness (QED) is 0.331. The summed E-state index contributed by atoms with van der Waals surface area (Å²) in [6, 6.07) is 6.45. The maximum Gasteiger partial charge on any atom is 1.00 e. The first-order valence-electron chi connectivity index (χ1n) is 8.57. The van der Waals surface area contributed by atoms with E-state index in [1.54, 1.807) is 44.0 Å². The van der Waals surface area contributed by atoms with E-state index in [0.717, 1.165) is 17.7 Å². The summed E-state index contributed by atoms with van der Waals surface area (Å²) in [6.45, 7) is 8.74. The van der Waals surface area contributed by atoms with Gasteiger partial charge in [-0.1, -0.05) is 17.7 Å². The molecule has 1 aromatic rings. The molecule has 0 amide bonds. The van der Waals surface area contributed by atoms with Crippen LogP contribution in [0.25, 0.3) is 0 Å². The summed E-state index contributed by atoms with van der Waals surface area (Å²) in [6.07, 6.45) is 4.78. The van der Waals surface area contributed by atoms with E-state index in [-0.39, 0.29) is 47.5 Å². The van der Waals surface area contributed by atoms with Gasteiger partial charge in [0.05, 0.1) is 22.7 Å². The average Bonchev–Trinajstić information content (AvgIpc) is 2.54. The van der Waals surface area contributed by atoms with Crippen molar-refractivity contribution in [3.05, 3.63) is 29.8 Å². The van der Waals surface area contributed by atoms with Crippen LogP contribution in [-0.4, -0.2) is 54.7 Å². The Morgan fingerprint density at radius 3 is 1.75 bits per heavy atom. The summed E-state index contributed by atoms with van der Waals surface area (Å²) in [5.41, 5.74) is -0.410. The molecule has 5 nitrogen and oxygen atoms in total. The van der Waals surface area contributed by atoms with Gasteiger partial charge in [0.15, 0.2) is 0 Å². The van der Waals surface area contributed by atoms with Gasteiger partial charge in [0.2, 0.25) is 0 Å².